The van der Waals surface area contributed by atoms with E-state index in [2.05, 4.69) is 34.6 Å². The van der Waals surface area contributed by atoms with Crippen molar-refractivity contribution in [1.29, 1.82) is 0 Å². The molecule has 5 N–H and O–H groups in total. The first-order chi connectivity index (χ1) is 20.4. The second kappa shape index (κ2) is 9.00. The Morgan fingerprint density at radius 2 is 1.45 bits per heavy atom. The fraction of sp³-hybridized carbons (Fsp3) is 1.00. The van der Waals surface area contributed by atoms with Gasteiger partial charge in [0, 0.05) is 0 Å². The lowest BCUT2D eigenvalue weighted by Gasteiger charge is -2.63. The molecule has 8 aliphatic rings. The van der Waals surface area contributed by atoms with Gasteiger partial charge in [-0.25, -0.2) is 0 Å². The van der Waals surface area contributed by atoms with E-state index in [1.807, 2.05) is 13.8 Å². The second-order valence-electron chi connectivity index (χ2n) is 18.3. The summed E-state index contributed by atoms with van der Waals surface area (Å²) >= 11 is 0. The summed E-state index contributed by atoms with van der Waals surface area (Å²) in [5, 5.41) is 53.7. The highest BCUT2D eigenvalue weighted by atomic mass is 16.7. The molecule has 8 rings (SSSR count). The fourth-order valence-corrected chi connectivity index (χ4v) is 13.9. The zero-order valence-corrected chi connectivity index (χ0v) is 27.7. The first kappa shape index (κ1) is 30.9. The highest BCUT2D eigenvalue weighted by Gasteiger charge is 2.84. The summed E-state index contributed by atoms with van der Waals surface area (Å²) in [4.78, 5) is 0. The van der Waals surface area contributed by atoms with E-state index in [0.717, 1.165) is 38.5 Å². The Hall–Kier alpha value is -0.360. The first-order valence-corrected chi connectivity index (χ1v) is 17.5. The van der Waals surface area contributed by atoms with Gasteiger partial charge in [-0.1, -0.05) is 34.6 Å². The molecule has 9 heteroatoms. The summed E-state index contributed by atoms with van der Waals surface area (Å²) in [6.45, 7) is 15.6. The third-order valence-electron chi connectivity index (χ3n) is 16.1. The molecule has 0 bridgehead atoms. The van der Waals surface area contributed by atoms with Crippen LogP contribution in [0.15, 0.2) is 0 Å². The van der Waals surface area contributed by atoms with E-state index < -0.39 is 48.2 Å². The summed E-state index contributed by atoms with van der Waals surface area (Å²) in [6, 6.07) is 0. The van der Waals surface area contributed by atoms with Crippen molar-refractivity contribution in [1.82, 2.24) is 0 Å². The maximum atomic E-state index is 11.8. The van der Waals surface area contributed by atoms with Crippen LogP contribution in [-0.4, -0.2) is 92.5 Å². The van der Waals surface area contributed by atoms with Crippen LogP contribution >= 0.6 is 0 Å². The Morgan fingerprint density at radius 3 is 2.18 bits per heavy atom. The van der Waals surface area contributed by atoms with Gasteiger partial charge in [-0.3, -0.25) is 0 Å². The lowest BCUT2D eigenvalue weighted by molar-refractivity contribution is -0.327. The Kier molecular flexibility index (Phi) is 6.33. The molecule has 250 valence electrons. The van der Waals surface area contributed by atoms with Crippen molar-refractivity contribution in [3.05, 3.63) is 0 Å². The number of aliphatic hydroxyl groups excluding tert-OH is 4. The number of hydrogen-bond acceptors (Lipinski definition) is 9. The summed E-state index contributed by atoms with van der Waals surface area (Å²) < 4.78 is 25.1. The van der Waals surface area contributed by atoms with Crippen LogP contribution in [-0.2, 0) is 18.9 Å². The first-order valence-electron chi connectivity index (χ1n) is 17.5. The molecule has 0 aromatic rings. The van der Waals surface area contributed by atoms with Gasteiger partial charge < -0.3 is 44.5 Å². The van der Waals surface area contributed by atoms with Gasteiger partial charge >= 0.3 is 0 Å². The average Bonchev–Trinajstić information content (AvgIpc) is 3.49. The van der Waals surface area contributed by atoms with Gasteiger partial charge in [0.15, 0.2) is 6.29 Å². The normalized spacial score (nSPS) is 63.3. The van der Waals surface area contributed by atoms with Crippen LogP contribution in [0.4, 0.5) is 0 Å². The van der Waals surface area contributed by atoms with Crippen molar-refractivity contribution >= 4 is 0 Å². The molecule has 3 heterocycles. The molecule has 8 fully saturated rings. The van der Waals surface area contributed by atoms with Crippen molar-refractivity contribution in [3.63, 3.8) is 0 Å². The minimum absolute atomic E-state index is 0.0448. The van der Waals surface area contributed by atoms with Crippen LogP contribution in [0.1, 0.15) is 99.8 Å². The zero-order chi connectivity index (χ0) is 31.6. The van der Waals surface area contributed by atoms with E-state index >= 15 is 0 Å². The van der Waals surface area contributed by atoms with E-state index in [4.69, 9.17) is 18.9 Å². The van der Waals surface area contributed by atoms with Crippen LogP contribution in [0, 0.1) is 50.7 Å². The average molecular weight is 621 g/mol. The van der Waals surface area contributed by atoms with Crippen molar-refractivity contribution in [2.45, 2.75) is 160 Å². The maximum Gasteiger partial charge on any atom is 0.222 e. The standard InChI is InChI=1S/C35H56O9/c1-17-23-19(43-35(40)26(17)44-30(4,5)28(35)39)14-32(7)21-9-8-20-29(2,3)22(42-27-25(38)24(37)18(36)15-41-27)10-11-33(20)16-34(21,33)13-12-31(23,32)6/h17-28,36-40H,8-16H2,1-7H3/t17-,18+,19-,20-,21-,22-,23-,24-,25+,26+,27-,28+,31+,32-,33+,34-,35+/m0/s1. The molecule has 0 unspecified atom stereocenters. The molecular formula is C35H56O9. The quantitative estimate of drug-likeness (QED) is 0.295. The van der Waals surface area contributed by atoms with Gasteiger partial charge in [-0.15, -0.1) is 0 Å². The highest BCUT2D eigenvalue weighted by molar-refractivity contribution is 5.32. The lowest BCUT2D eigenvalue weighted by Crippen LogP contribution is -2.63. The molecular weight excluding hydrogens is 564 g/mol. The predicted molar refractivity (Wildman–Crippen MR) is 159 cm³/mol. The molecule has 2 spiro atoms. The lowest BCUT2D eigenvalue weighted by atomic mass is 9.41. The Morgan fingerprint density at radius 1 is 0.773 bits per heavy atom. The fourth-order valence-electron chi connectivity index (χ4n) is 13.9. The number of rotatable bonds is 2. The maximum absolute atomic E-state index is 11.8. The molecule has 9 nitrogen and oxygen atoms in total. The van der Waals surface area contributed by atoms with Gasteiger partial charge in [0.05, 0.1) is 24.4 Å². The molecule has 5 saturated carbocycles. The molecule has 44 heavy (non-hydrogen) atoms. The van der Waals surface area contributed by atoms with Crippen molar-refractivity contribution in [2.75, 3.05) is 6.61 Å². The monoisotopic (exact) mass is 620 g/mol. The minimum Gasteiger partial charge on any atom is -0.388 e. The molecule has 0 radical (unpaired) electrons. The van der Waals surface area contributed by atoms with Crippen molar-refractivity contribution < 1.29 is 44.5 Å². The molecule has 3 aliphatic heterocycles. The highest BCUT2D eigenvalue weighted by Crippen LogP contribution is 2.89. The van der Waals surface area contributed by atoms with Crippen LogP contribution < -0.4 is 0 Å². The summed E-state index contributed by atoms with van der Waals surface area (Å²) in [5.74, 6) is -0.258. The predicted octanol–water partition coefficient (Wildman–Crippen LogP) is 3.12. The van der Waals surface area contributed by atoms with Gasteiger partial charge in [0.2, 0.25) is 5.79 Å². The van der Waals surface area contributed by atoms with E-state index in [-0.39, 0.29) is 52.3 Å². The second-order valence-corrected chi connectivity index (χ2v) is 18.3. The molecule has 5 aliphatic carbocycles. The Bertz CT molecular complexity index is 1210. The molecule has 17 atom stereocenters. The number of hydrogen-bond donors (Lipinski definition) is 5. The molecule has 0 aromatic carbocycles. The minimum atomic E-state index is -1.67. The van der Waals surface area contributed by atoms with Crippen LogP contribution in [0.5, 0.6) is 0 Å². The van der Waals surface area contributed by atoms with E-state index in [1.165, 1.54) is 12.8 Å². The van der Waals surface area contributed by atoms with Gasteiger partial charge in [0.1, 0.15) is 30.5 Å². The largest absolute Gasteiger partial charge is 0.388 e. The topological polar surface area (TPSA) is 138 Å². The SMILES string of the molecule is C[C@H]1[C@H]2[C@H](C[C@@]3(C)[C@@H]4CC[C@H]5C(C)(C)[C@@H](O[C@@H]6OC[C@@H](O)[C@H](O)[C@H]6O)CC[C@@]56C[C@@]46CC[C@]23C)O[C@]2(O)[C@@H]1OC(C)(C)[C@H]2O. The third-order valence-corrected chi connectivity index (χ3v) is 16.1. The van der Waals surface area contributed by atoms with Crippen LogP contribution in [0.2, 0.25) is 0 Å². The van der Waals surface area contributed by atoms with Gasteiger partial charge in [0.25, 0.3) is 0 Å². The van der Waals surface area contributed by atoms with Crippen LogP contribution in [0.25, 0.3) is 0 Å². The smallest absolute Gasteiger partial charge is 0.222 e. The third kappa shape index (κ3) is 3.43. The van der Waals surface area contributed by atoms with Crippen molar-refractivity contribution in [2.24, 2.45) is 50.7 Å². The zero-order valence-electron chi connectivity index (χ0n) is 27.7. The summed E-state index contributed by atoms with van der Waals surface area (Å²) in [5.41, 5.74) is -0.280. The summed E-state index contributed by atoms with van der Waals surface area (Å²) in [6.07, 6.45) is 2.41. The van der Waals surface area contributed by atoms with Crippen molar-refractivity contribution in [3.8, 4) is 0 Å². The Balaban J connectivity index is 1.06. The number of aliphatic hydroxyl groups is 5. The van der Waals surface area contributed by atoms with Gasteiger partial charge in [-0.2, -0.15) is 0 Å². The van der Waals surface area contributed by atoms with E-state index in [1.54, 1.807) is 0 Å². The Labute approximate surface area is 262 Å². The number of fused-ring (bicyclic) bond motifs is 5. The van der Waals surface area contributed by atoms with E-state index in [9.17, 15) is 25.5 Å². The van der Waals surface area contributed by atoms with Gasteiger partial charge in [-0.05, 0) is 116 Å². The molecule has 0 amide bonds. The number of ether oxygens (including phenoxy) is 4. The van der Waals surface area contributed by atoms with Crippen LogP contribution in [0.3, 0.4) is 0 Å². The molecule has 0 aromatic heterocycles. The van der Waals surface area contributed by atoms with E-state index in [0.29, 0.717) is 17.3 Å². The summed E-state index contributed by atoms with van der Waals surface area (Å²) in [7, 11) is 0. The molecule has 3 saturated heterocycles.